The summed E-state index contributed by atoms with van der Waals surface area (Å²) in [5.41, 5.74) is 2.90. The maximum Gasteiger partial charge on any atom is 0.0624 e. The van der Waals surface area contributed by atoms with E-state index in [1.165, 1.54) is 24.2 Å². The summed E-state index contributed by atoms with van der Waals surface area (Å²) in [6.45, 7) is 7.55. The topological polar surface area (TPSA) is 17.8 Å². The highest BCUT2D eigenvalue weighted by molar-refractivity contribution is 9.09. The first-order chi connectivity index (χ1) is 8.64. The van der Waals surface area contributed by atoms with Gasteiger partial charge >= 0.3 is 0 Å². The van der Waals surface area contributed by atoms with Gasteiger partial charge in [0.05, 0.1) is 5.69 Å². The quantitative estimate of drug-likeness (QED) is 0.604. The molecule has 0 fully saturated rings. The fourth-order valence-corrected chi connectivity index (χ4v) is 4.26. The molecule has 0 bridgehead atoms. The lowest BCUT2D eigenvalue weighted by Crippen LogP contribution is -2.28. The molecule has 0 aliphatic carbocycles. The van der Waals surface area contributed by atoms with Crippen molar-refractivity contribution in [1.82, 2.24) is 9.78 Å². The molecule has 0 saturated carbocycles. The second-order valence-corrected chi connectivity index (χ2v) is 6.11. The van der Waals surface area contributed by atoms with Crippen molar-refractivity contribution in [3.8, 4) is 0 Å². The molecule has 0 atom stereocenters. The zero-order valence-corrected chi connectivity index (χ0v) is 14.8. The molecule has 1 aromatic rings. The van der Waals surface area contributed by atoms with Crippen molar-refractivity contribution in [2.45, 2.75) is 53.0 Å². The Morgan fingerprint density at radius 2 is 1.89 bits per heavy atom. The predicted molar refractivity (Wildman–Crippen MR) is 85.9 cm³/mol. The zero-order valence-electron chi connectivity index (χ0n) is 11.7. The van der Waals surface area contributed by atoms with E-state index >= 15 is 0 Å². The van der Waals surface area contributed by atoms with Crippen LogP contribution in [0.2, 0.25) is 0 Å². The number of alkyl halides is 2. The first-order valence-corrected chi connectivity index (χ1v) is 9.06. The predicted octanol–water partition coefficient (Wildman–Crippen LogP) is 4.58. The van der Waals surface area contributed by atoms with Crippen molar-refractivity contribution in [2.24, 2.45) is 5.41 Å². The molecule has 0 aromatic carbocycles. The molecular formula is C14H24Br2N2. The normalized spacial score (nSPS) is 12.1. The number of hydrogen-bond donors (Lipinski definition) is 0. The molecule has 0 unspecified atom stereocenters. The van der Waals surface area contributed by atoms with Gasteiger partial charge in [0.2, 0.25) is 0 Å². The molecule has 0 spiro atoms. The van der Waals surface area contributed by atoms with Gasteiger partial charge in [-0.25, -0.2) is 0 Å². The Bertz CT molecular complexity index is 357. The third-order valence-electron chi connectivity index (χ3n) is 3.48. The fourth-order valence-electron chi connectivity index (χ4n) is 2.37. The van der Waals surface area contributed by atoms with Crippen LogP contribution in [-0.4, -0.2) is 20.4 Å². The third-order valence-corrected chi connectivity index (χ3v) is 5.86. The van der Waals surface area contributed by atoms with Crippen molar-refractivity contribution >= 4 is 31.9 Å². The van der Waals surface area contributed by atoms with Gasteiger partial charge in [0, 0.05) is 22.9 Å². The standard InChI is InChI=1S/C14H24Br2N2/c1-4-7-14(10-15,11-16)9-13-8-12(5-2)17-18(13)6-3/h8H,4-7,9-11H2,1-3H3. The largest absolute Gasteiger partial charge is 0.270 e. The highest BCUT2D eigenvalue weighted by atomic mass is 79.9. The van der Waals surface area contributed by atoms with E-state index in [0.717, 1.165) is 30.0 Å². The van der Waals surface area contributed by atoms with Crippen LogP contribution >= 0.6 is 31.9 Å². The molecule has 1 rings (SSSR count). The highest BCUT2D eigenvalue weighted by Gasteiger charge is 2.28. The number of rotatable bonds is 8. The van der Waals surface area contributed by atoms with Gasteiger partial charge in [0.1, 0.15) is 0 Å². The molecule has 0 aliphatic rings. The van der Waals surface area contributed by atoms with E-state index in [0.29, 0.717) is 5.41 Å². The van der Waals surface area contributed by atoms with Crippen LogP contribution in [0.3, 0.4) is 0 Å². The van der Waals surface area contributed by atoms with E-state index in [-0.39, 0.29) is 0 Å². The summed E-state index contributed by atoms with van der Waals surface area (Å²) >= 11 is 7.40. The Morgan fingerprint density at radius 3 is 2.33 bits per heavy atom. The third kappa shape index (κ3) is 3.83. The molecule has 0 amide bonds. The van der Waals surface area contributed by atoms with E-state index in [1.54, 1.807) is 0 Å². The highest BCUT2D eigenvalue weighted by Crippen LogP contribution is 2.33. The molecule has 2 nitrogen and oxygen atoms in total. The van der Waals surface area contributed by atoms with E-state index in [4.69, 9.17) is 0 Å². The van der Waals surface area contributed by atoms with Crippen molar-refractivity contribution in [1.29, 1.82) is 0 Å². The van der Waals surface area contributed by atoms with E-state index in [2.05, 4.69) is 68.5 Å². The van der Waals surface area contributed by atoms with Gasteiger partial charge in [-0.3, -0.25) is 4.68 Å². The molecule has 18 heavy (non-hydrogen) atoms. The average molecular weight is 380 g/mol. The summed E-state index contributed by atoms with van der Waals surface area (Å²) in [6, 6.07) is 2.28. The van der Waals surface area contributed by atoms with Crippen LogP contribution < -0.4 is 0 Å². The smallest absolute Gasteiger partial charge is 0.0624 e. The van der Waals surface area contributed by atoms with Crippen LogP contribution in [0.15, 0.2) is 6.07 Å². The Hall–Kier alpha value is 0.170. The number of aryl methyl sites for hydroxylation is 2. The van der Waals surface area contributed by atoms with E-state index in [9.17, 15) is 0 Å². The van der Waals surface area contributed by atoms with Crippen molar-refractivity contribution in [2.75, 3.05) is 10.7 Å². The molecule has 0 aliphatic heterocycles. The van der Waals surface area contributed by atoms with Gasteiger partial charge in [-0.05, 0) is 37.7 Å². The van der Waals surface area contributed by atoms with Gasteiger partial charge in [-0.2, -0.15) is 5.10 Å². The molecule has 0 saturated heterocycles. The molecule has 0 radical (unpaired) electrons. The van der Waals surface area contributed by atoms with Gasteiger partial charge in [-0.15, -0.1) is 0 Å². The lowest BCUT2D eigenvalue weighted by molar-refractivity contribution is 0.340. The molecule has 104 valence electrons. The number of nitrogens with zero attached hydrogens (tertiary/aromatic N) is 2. The van der Waals surface area contributed by atoms with Crippen LogP contribution in [0.4, 0.5) is 0 Å². The number of aromatic nitrogens is 2. The van der Waals surface area contributed by atoms with Gasteiger partial charge in [0.25, 0.3) is 0 Å². The molecule has 0 N–H and O–H groups in total. The van der Waals surface area contributed by atoms with Crippen molar-refractivity contribution in [3.05, 3.63) is 17.5 Å². The molecule has 1 heterocycles. The van der Waals surface area contributed by atoms with Gasteiger partial charge in [-0.1, -0.05) is 52.1 Å². The lowest BCUT2D eigenvalue weighted by Gasteiger charge is -2.29. The SMILES string of the molecule is CCCC(CBr)(CBr)Cc1cc(CC)nn1CC. The van der Waals surface area contributed by atoms with Crippen LogP contribution in [0, 0.1) is 5.41 Å². The summed E-state index contributed by atoms with van der Waals surface area (Å²) in [7, 11) is 0. The van der Waals surface area contributed by atoms with E-state index in [1.807, 2.05) is 0 Å². The minimum Gasteiger partial charge on any atom is -0.270 e. The minimum atomic E-state index is 0.312. The zero-order chi connectivity index (χ0) is 13.6. The first-order valence-electron chi connectivity index (χ1n) is 6.82. The first kappa shape index (κ1) is 16.2. The fraction of sp³-hybridized carbons (Fsp3) is 0.786. The van der Waals surface area contributed by atoms with Crippen molar-refractivity contribution in [3.63, 3.8) is 0 Å². The Balaban J connectivity index is 2.95. The molecule has 4 heteroatoms. The minimum absolute atomic E-state index is 0.312. The molecular weight excluding hydrogens is 356 g/mol. The summed E-state index contributed by atoms with van der Waals surface area (Å²) in [4.78, 5) is 0. The number of halogens is 2. The van der Waals surface area contributed by atoms with Crippen LogP contribution in [0.1, 0.15) is 45.0 Å². The Kier molecular flexibility index (Phi) is 6.93. The van der Waals surface area contributed by atoms with Gasteiger partial charge in [0.15, 0.2) is 0 Å². The summed E-state index contributed by atoms with van der Waals surface area (Å²) in [6.07, 6.45) is 4.57. The summed E-state index contributed by atoms with van der Waals surface area (Å²) in [5.74, 6) is 0. The maximum atomic E-state index is 4.65. The van der Waals surface area contributed by atoms with Gasteiger partial charge < -0.3 is 0 Å². The van der Waals surface area contributed by atoms with Crippen molar-refractivity contribution < 1.29 is 0 Å². The maximum absolute atomic E-state index is 4.65. The monoisotopic (exact) mass is 378 g/mol. The summed E-state index contributed by atoms with van der Waals surface area (Å²) < 4.78 is 2.16. The lowest BCUT2D eigenvalue weighted by atomic mass is 9.83. The average Bonchev–Trinajstić information content (AvgIpc) is 2.80. The second kappa shape index (κ2) is 7.68. The summed E-state index contributed by atoms with van der Waals surface area (Å²) in [5, 5.41) is 6.72. The second-order valence-electron chi connectivity index (χ2n) is 4.99. The Labute approximate surface area is 128 Å². The Morgan fingerprint density at radius 1 is 1.22 bits per heavy atom. The van der Waals surface area contributed by atoms with Crippen LogP contribution in [0.5, 0.6) is 0 Å². The van der Waals surface area contributed by atoms with Crippen LogP contribution in [-0.2, 0) is 19.4 Å². The van der Waals surface area contributed by atoms with E-state index < -0.39 is 0 Å². The molecule has 1 aromatic heterocycles. The number of hydrogen-bond acceptors (Lipinski definition) is 1. The van der Waals surface area contributed by atoms with Crippen LogP contribution in [0.25, 0.3) is 0 Å².